The third-order valence-electron chi connectivity index (χ3n) is 5.27. The van der Waals surface area contributed by atoms with Crippen molar-refractivity contribution in [2.24, 2.45) is 0 Å². The summed E-state index contributed by atoms with van der Waals surface area (Å²) in [7, 11) is 3.70. The molecule has 0 bridgehead atoms. The van der Waals surface area contributed by atoms with Gasteiger partial charge in [0, 0.05) is 25.3 Å². The van der Waals surface area contributed by atoms with E-state index in [1.165, 1.54) is 0 Å². The van der Waals surface area contributed by atoms with Crippen molar-refractivity contribution in [2.75, 3.05) is 53.5 Å². The molecule has 1 saturated heterocycles. The number of hydrogen-bond donors (Lipinski definition) is 2. The lowest BCUT2D eigenvalue weighted by molar-refractivity contribution is -0.139. The number of ether oxygens (including phenoxy) is 2. The number of nitrogens with zero attached hydrogens (tertiary/aromatic N) is 2. The molecule has 2 aliphatic heterocycles. The Morgan fingerprint density at radius 1 is 1.24 bits per heavy atom. The normalized spacial score (nSPS) is 21.2. The van der Waals surface area contributed by atoms with Gasteiger partial charge in [0.25, 0.3) is 0 Å². The van der Waals surface area contributed by atoms with E-state index in [-0.39, 0.29) is 12.6 Å². The fourth-order valence-electron chi connectivity index (χ4n) is 3.75. The van der Waals surface area contributed by atoms with Gasteiger partial charge in [-0.3, -0.25) is 4.90 Å². The molecule has 1 aromatic carbocycles. The van der Waals surface area contributed by atoms with Crippen LogP contribution in [0.4, 0.5) is 4.79 Å². The largest absolute Gasteiger partial charge is 0.497 e. The lowest BCUT2D eigenvalue weighted by Gasteiger charge is -2.32. The van der Waals surface area contributed by atoms with E-state index in [2.05, 4.69) is 27.5 Å². The van der Waals surface area contributed by atoms with E-state index in [1.54, 1.807) is 14.0 Å². The first-order valence-corrected chi connectivity index (χ1v) is 10.0. The van der Waals surface area contributed by atoms with Gasteiger partial charge in [0.15, 0.2) is 0 Å². The second kappa shape index (κ2) is 9.76. The highest BCUT2D eigenvalue weighted by atomic mass is 16.5. The molecule has 1 fully saturated rings. The number of methoxy groups -OCH3 is 1. The number of benzene rings is 1. The minimum absolute atomic E-state index is 0.267. The summed E-state index contributed by atoms with van der Waals surface area (Å²) in [5.41, 5.74) is 1.82. The fraction of sp³-hybridized carbons (Fsp3) is 0.524. The molecule has 158 valence electrons. The Morgan fingerprint density at radius 2 is 2.07 bits per heavy atom. The first-order chi connectivity index (χ1) is 14.0. The first kappa shape index (κ1) is 21.1. The summed E-state index contributed by atoms with van der Waals surface area (Å²) in [6.07, 6.45) is 1.05. The molecular formula is C21H30N4O4. The standard InChI is InChI=1S/C21H30N4O4/c1-4-29-20(26)18-17(14-25-10-6-9-24(2)11-12-25)22-21(27)23-19(18)15-7-5-8-16(13-15)28-3/h5,7-8,13,19H,4,6,9-12,14H2,1-3H3,(H2,22,23,27)/t19-/m0/s1. The van der Waals surface area contributed by atoms with Crippen LogP contribution in [0.5, 0.6) is 5.75 Å². The second-order valence-corrected chi connectivity index (χ2v) is 7.35. The van der Waals surface area contributed by atoms with Crippen LogP contribution in [0.2, 0.25) is 0 Å². The molecule has 0 unspecified atom stereocenters. The number of urea groups is 1. The average Bonchev–Trinajstić information content (AvgIpc) is 2.91. The molecule has 0 saturated carbocycles. The topological polar surface area (TPSA) is 83.1 Å². The van der Waals surface area contributed by atoms with Gasteiger partial charge >= 0.3 is 12.0 Å². The number of rotatable bonds is 6. The number of esters is 1. The molecule has 0 radical (unpaired) electrons. The van der Waals surface area contributed by atoms with Gasteiger partial charge in [0.2, 0.25) is 0 Å². The van der Waals surface area contributed by atoms with Gasteiger partial charge in [-0.05, 0) is 51.2 Å². The number of amides is 2. The van der Waals surface area contributed by atoms with Gasteiger partial charge in [-0.25, -0.2) is 9.59 Å². The summed E-state index contributed by atoms with van der Waals surface area (Å²) in [5.74, 6) is 0.241. The molecule has 2 amide bonds. The van der Waals surface area contributed by atoms with Crippen LogP contribution in [-0.2, 0) is 9.53 Å². The molecule has 0 spiro atoms. The van der Waals surface area contributed by atoms with E-state index in [9.17, 15) is 9.59 Å². The van der Waals surface area contributed by atoms with Crippen LogP contribution < -0.4 is 15.4 Å². The maximum atomic E-state index is 12.9. The zero-order valence-corrected chi connectivity index (χ0v) is 17.4. The van der Waals surface area contributed by atoms with Gasteiger partial charge in [0.05, 0.1) is 25.3 Å². The molecule has 2 aliphatic rings. The number of carbonyl (C=O) groups is 2. The quantitative estimate of drug-likeness (QED) is 0.702. The third kappa shape index (κ3) is 5.27. The smallest absolute Gasteiger partial charge is 0.338 e. The van der Waals surface area contributed by atoms with E-state index >= 15 is 0 Å². The van der Waals surface area contributed by atoms with Crippen molar-refractivity contribution >= 4 is 12.0 Å². The van der Waals surface area contributed by atoms with Crippen LogP contribution in [0.15, 0.2) is 35.5 Å². The van der Waals surface area contributed by atoms with Gasteiger partial charge < -0.3 is 25.0 Å². The molecule has 2 N–H and O–H groups in total. The molecule has 0 aliphatic carbocycles. The lowest BCUT2D eigenvalue weighted by Crippen LogP contribution is -2.48. The minimum atomic E-state index is -0.595. The van der Waals surface area contributed by atoms with Gasteiger partial charge in [-0.1, -0.05) is 12.1 Å². The summed E-state index contributed by atoms with van der Waals surface area (Å²) in [6.45, 7) is 6.32. The number of likely N-dealkylation sites (N-methyl/N-ethyl adjacent to an activating group) is 1. The molecule has 8 heteroatoms. The monoisotopic (exact) mass is 402 g/mol. The average molecular weight is 402 g/mol. The molecule has 0 aromatic heterocycles. The van der Waals surface area contributed by atoms with Crippen LogP contribution >= 0.6 is 0 Å². The van der Waals surface area contributed by atoms with E-state index in [4.69, 9.17) is 9.47 Å². The molecule has 3 rings (SSSR count). The summed E-state index contributed by atoms with van der Waals surface area (Å²) in [6, 6.07) is 6.45. The van der Waals surface area contributed by atoms with E-state index in [0.717, 1.165) is 38.2 Å². The molecule has 2 heterocycles. The van der Waals surface area contributed by atoms with Crippen molar-refractivity contribution in [1.82, 2.24) is 20.4 Å². The molecule has 1 atom stereocenters. The number of hydrogen-bond acceptors (Lipinski definition) is 6. The Morgan fingerprint density at radius 3 is 2.83 bits per heavy atom. The lowest BCUT2D eigenvalue weighted by atomic mass is 9.94. The van der Waals surface area contributed by atoms with Crippen LogP contribution in [0.1, 0.15) is 24.9 Å². The summed E-state index contributed by atoms with van der Waals surface area (Å²) >= 11 is 0. The SMILES string of the molecule is CCOC(=O)C1=C(CN2CCCN(C)CC2)NC(=O)N[C@H]1c1cccc(OC)c1. The van der Waals surface area contributed by atoms with Gasteiger partial charge in [-0.2, -0.15) is 0 Å². The Kier molecular flexibility index (Phi) is 7.11. The Bertz CT molecular complexity index is 780. The Labute approximate surface area is 171 Å². The van der Waals surface area contributed by atoms with Crippen molar-refractivity contribution in [3.05, 3.63) is 41.1 Å². The van der Waals surface area contributed by atoms with E-state index < -0.39 is 12.0 Å². The minimum Gasteiger partial charge on any atom is -0.497 e. The predicted molar refractivity (Wildman–Crippen MR) is 110 cm³/mol. The van der Waals surface area contributed by atoms with Gasteiger partial charge in [0.1, 0.15) is 5.75 Å². The maximum absolute atomic E-state index is 12.9. The number of nitrogens with one attached hydrogen (secondary N) is 2. The van der Waals surface area contributed by atoms with Crippen LogP contribution in [0.25, 0.3) is 0 Å². The van der Waals surface area contributed by atoms with E-state index in [0.29, 0.717) is 23.6 Å². The maximum Gasteiger partial charge on any atom is 0.338 e. The van der Waals surface area contributed by atoms with Crippen molar-refractivity contribution in [1.29, 1.82) is 0 Å². The summed E-state index contributed by atoms with van der Waals surface area (Å²) in [5, 5.41) is 5.72. The van der Waals surface area contributed by atoms with Crippen molar-refractivity contribution in [2.45, 2.75) is 19.4 Å². The van der Waals surface area contributed by atoms with Crippen LogP contribution in [0, 0.1) is 0 Å². The highest BCUT2D eigenvalue weighted by Gasteiger charge is 2.34. The Hall–Kier alpha value is -2.58. The second-order valence-electron chi connectivity index (χ2n) is 7.35. The predicted octanol–water partition coefficient (Wildman–Crippen LogP) is 1.50. The number of carbonyl (C=O) groups excluding carboxylic acids is 2. The summed E-state index contributed by atoms with van der Waals surface area (Å²) in [4.78, 5) is 29.9. The summed E-state index contributed by atoms with van der Waals surface area (Å²) < 4.78 is 10.7. The highest BCUT2D eigenvalue weighted by Crippen LogP contribution is 2.30. The van der Waals surface area contributed by atoms with Crippen LogP contribution in [0.3, 0.4) is 0 Å². The highest BCUT2D eigenvalue weighted by molar-refractivity contribution is 5.95. The van der Waals surface area contributed by atoms with Crippen LogP contribution in [-0.4, -0.2) is 75.3 Å². The molecule has 29 heavy (non-hydrogen) atoms. The zero-order chi connectivity index (χ0) is 20.8. The molecular weight excluding hydrogens is 372 g/mol. The zero-order valence-electron chi connectivity index (χ0n) is 17.4. The van der Waals surface area contributed by atoms with E-state index in [1.807, 2.05) is 24.3 Å². The van der Waals surface area contributed by atoms with Crippen molar-refractivity contribution in [3.8, 4) is 5.75 Å². The fourth-order valence-corrected chi connectivity index (χ4v) is 3.75. The first-order valence-electron chi connectivity index (χ1n) is 10.0. The molecule has 8 nitrogen and oxygen atoms in total. The Balaban J connectivity index is 1.96. The third-order valence-corrected chi connectivity index (χ3v) is 5.27. The van der Waals surface area contributed by atoms with Crippen molar-refractivity contribution < 1.29 is 19.1 Å². The van der Waals surface area contributed by atoms with Gasteiger partial charge in [-0.15, -0.1) is 0 Å². The molecule has 1 aromatic rings. The van der Waals surface area contributed by atoms with Crippen molar-refractivity contribution in [3.63, 3.8) is 0 Å².